The van der Waals surface area contributed by atoms with Crippen LogP contribution in [0.15, 0.2) is 36.4 Å². The van der Waals surface area contributed by atoms with Crippen molar-refractivity contribution in [2.75, 3.05) is 0 Å². The second-order valence-electron chi connectivity index (χ2n) is 3.40. The quantitative estimate of drug-likeness (QED) is 0.598. The van der Waals surface area contributed by atoms with Crippen molar-refractivity contribution < 1.29 is 0 Å². The number of allylic oxidation sites excluding steroid dienone is 2. The van der Waals surface area contributed by atoms with Gasteiger partial charge in [0.05, 0.1) is 0 Å². The SMILES string of the molecule is CCCCC=C(C)c1ccccc1. The molecule has 1 aromatic rings. The maximum atomic E-state index is 2.33. The fourth-order valence-corrected chi connectivity index (χ4v) is 1.34. The zero-order valence-corrected chi connectivity index (χ0v) is 8.59. The van der Waals surface area contributed by atoms with Crippen LogP contribution in [0, 0.1) is 0 Å². The molecule has 0 spiro atoms. The van der Waals surface area contributed by atoms with Gasteiger partial charge in [-0.15, -0.1) is 0 Å². The Morgan fingerprint density at radius 3 is 2.54 bits per heavy atom. The monoisotopic (exact) mass is 174 g/mol. The average molecular weight is 174 g/mol. The molecule has 13 heavy (non-hydrogen) atoms. The molecule has 0 aliphatic heterocycles. The van der Waals surface area contributed by atoms with Gasteiger partial charge in [0.2, 0.25) is 0 Å². The van der Waals surface area contributed by atoms with Gasteiger partial charge in [0, 0.05) is 0 Å². The minimum absolute atomic E-state index is 1.21. The summed E-state index contributed by atoms with van der Waals surface area (Å²) >= 11 is 0. The Hall–Kier alpha value is -1.04. The summed E-state index contributed by atoms with van der Waals surface area (Å²) in [5, 5.41) is 0. The number of benzene rings is 1. The molecule has 70 valence electrons. The molecule has 0 N–H and O–H groups in total. The van der Waals surface area contributed by atoms with Crippen LogP contribution in [0.25, 0.3) is 5.57 Å². The fraction of sp³-hybridized carbons (Fsp3) is 0.385. The molecule has 0 saturated heterocycles. The van der Waals surface area contributed by atoms with Gasteiger partial charge in [0.25, 0.3) is 0 Å². The van der Waals surface area contributed by atoms with E-state index in [0.717, 1.165) is 0 Å². The predicted octanol–water partition coefficient (Wildman–Crippen LogP) is 4.28. The largest absolute Gasteiger partial charge is 0.0810 e. The second-order valence-corrected chi connectivity index (χ2v) is 3.40. The van der Waals surface area contributed by atoms with Gasteiger partial charge >= 0.3 is 0 Å². The van der Waals surface area contributed by atoms with E-state index in [0.29, 0.717) is 0 Å². The van der Waals surface area contributed by atoms with Crippen LogP contribution in [0.1, 0.15) is 38.7 Å². The van der Waals surface area contributed by atoms with E-state index in [1.807, 2.05) is 0 Å². The molecule has 0 atom stereocenters. The molecule has 0 amide bonds. The van der Waals surface area contributed by atoms with Crippen LogP contribution < -0.4 is 0 Å². The summed E-state index contributed by atoms with van der Waals surface area (Å²) < 4.78 is 0. The number of hydrogen-bond donors (Lipinski definition) is 0. The van der Waals surface area contributed by atoms with E-state index in [9.17, 15) is 0 Å². The van der Waals surface area contributed by atoms with Crippen LogP contribution in [-0.4, -0.2) is 0 Å². The van der Waals surface area contributed by atoms with Gasteiger partial charge in [0.1, 0.15) is 0 Å². The first-order chi connectivity index (χ1) is 6.34. The van der Waals surface area contributed by atoms with Crippen LogP contribution in [0.5, 0.6) is 0 Å². The van der Waals surface area contributed by atoms with Crippen molar-refractivity contribution in [2.45, 2.75) is 33.1 Å². The third-order valence-electron chi connectivity index (χ3n) is 2.24. The average Bonchev–Trinajstić information content (AvgIpc) is 2.19. The van der Waals surface area contributed by atoms with Crippen molar-refractivity contribution >= 4 is 5.57 Å². The Bertz CT molecular complexity index is 257. The lowest BCUT2D eigenvalue weighted by molar-refractivity contribution is 0.815. The van der Waals surface area contributed by atoms with Crippen LogP contribution >= 0.6 is 0 Å². The first kappa shape index (κ1) is 10.0. The molecule has 0 nitrogen and oxygen atoms in total. The van der Waals surface area contributed by atoms with Crippen molar-refractivity contribution in [3.8, 4) is 0 Å². The molecule has 0 aromatic heterocycles. The van der Waals surface area contributed by atoms with Gasteiger partial charge in [-0.25, -0.2) is 0 Å². The Balaban J connectivity index is 2.57. The molecule has 0 saturated carbocycles. The van der Waals surface area contributed by atoms with Gasteiger partial charge in [0.15, 0.2) is 0 Å². The number of hydrogen-bond acceptors (Lipinski definition) is 0. The third kappa shape index (κ3) is 3.45. The Morgan fingerprint density at radius 2 is 1.92 bits per heavy atom. The summed E-state index contributed by atoms with van der Waals surface area (Å²) in [4.78, 5) is 0. The van der Waals surface area contributed by atoms with Gasteiger partial charge in [-0.05, 0) is 24.5 Å². The van der Waals surface area contributed by atoms with Crippen LogP contribution in [0.4, 0.5) is 0 Å². The van der Waals surface area contributed by atoms with Crippen molar-refractivity contribution in [3.05, 3.63) is 42.0 Å². The molecule has 0 heterocycles. The van der Waals surface area contributed by atoms with Crippen LogP contribution in [0.3, 0.4) is 0 Å². The zero-order chi connectivity index (χ0) is 9.52. The molecular formula is C13H18. The summed E-state index contributed by atoms with van der Waals surface area (Å²) in [6.07, 6.45) is 6.11. The van der Waals surface area contributed by atoms with Crippen molar-refractivity contribution in [3.63, 3.8) is 0 Å². The van der Waals surface area contributed by atoms with Gasteiger partial charge in [-0.1, -0.05) is 56.2 Å². The summed E-state index contributed by atoms with van der Waals surface area (Å²) in [6, 6.07) is 10.6. The van der Waals surface area contributed by atoms with Gasteiger partial charge < -0.3 is 0 Å². The summed E-state index contributed by atoms with van der Waals surface area (Å²) in [5.41, 5.74) is 2.74. The normalized spacial score (nSPS) is 11.7. The molecule has 0 fully saturated rings. The molecule has 0 bridgehead atoms. The van der Waals surface area contributed by atoms with Gasteiger partial charge in [-0.2, -0.15) is 0 Å². The van der Waals surface area contributed by atoms with Gasteiger partial charge in [-0.3, -0.25) is 0 Å². The molecule has 0 heteroatoms. The van der Waals surface area contributed by atoms with E-state index in [1.54, 1.807) is 0 Å². The first-order valence-electron chi connectivity index (χ1n) is 5.06. The zero-order valence-electron chi connectivity index (χ0n) is 8.59. The number of unbranched alkanes of at least 4 members (excludes halogenated alkanes) is 2. The summed E-state index contributed by atoms with van der Waals surface area (Å²) in [6.45, 7) is 4.41. The molecule has 1 rings (SSSR count). The summed E-state index contributed by atoms with van der Waals surface area (Å²) in [7, 11) is 0. The van der Waals surface area contributed by atoms with Crippen molar-refractivity contribution in [2.24, 2.45) is 0 Å². The molecule has 0 unspecified atom stereocenters. The van der Waals surface area contributed by atoms with E-state index in [1.165, 1.54) is 30.4 Å². The van der Waals surface area contributed by atoms with E-state index >= 15 is 0 Å². The Labute approximate surface area is 81.3 Å². The molecular weight excluding hydrogens is 156 g/mol. The molecule has 0 aliphatic carbocycles. The lowest BCUT2D eigenvalue weighted by atomic mass is 10.1. The highest BCUT2D eigenvalue weighted by atomic mass is 14.0. The third-order valence-corrected chi connectivity index (χ3v) is 2.24. The predicted molar refractivity (Wildman–Crippen MR) is 59.6 cm³/mol. The topological polar surface area (TPSA) is 0 Å². The maximum Gasteiger partial charge on any atom is -0.0231 e. The smallest absolute Gasteiger partial charge is 0.0231 e. The lowest BCUT2D eigenvalue weighted by Crippen LogP contribution is -1.78. The highest BCUT2D eigenvalue weighted by Gasteiger charge is 1.91. The van der Waals surface area contributed by atoms with Crippen LogP contribution in [-0.2, 0) is 0 Å². The maximum absolute atomic E-state index is 2.33. The molecule has 0 aliphatic rings. The van der Waals surface area contributed by atoms with E-state index in [-0.39, 0.29) is 0 Å². The molecule has 1 aromatic carbocycles. The van der Waals surface area contributed by atoms with Crippen molar-refractivity contribution in [1.82, 2.24) is 0 Å². The summed E-state index contributed by atoms with van der Waals surface area (Å²) in [5.74, 6) is 0. The van der Waals surface area contributed by atoms with Crippen LogP contribution in [0.2, 0.25) is 0 Å². The standard InChI is InChI=1S/C13H18/c1-3-4-6-9-12(2)13-10-7-5-8-11-13/h5,7-11H,3-4,6H2,1-2H3. The first-order valence-corrected chi connectivity index (χ1v) is 5.06. The Kier molecular flexibility index (Phi) is 4.31. The highest BCUT2D eigenvalue weighted by molar-refractivity contribution is 5.63. The second kappa shape index (κ2) is 5.58. The fourth-order valence-electron chi connectivity index (χ4n) is 1.34. The van der Waals surface area contributed by atoms with E-state index < -0.39 is 0 Å². The number of rotatable bonds is 4. The molecule has 0 radical (unpaired) electrons. The van der Waals surface area contributed by atoms with E-state index in [4.69, 9.17) is 0 Å². The van der Waals surface area contributed by atoms with E-state index in [2.05, 4.69) is 50.3 Å². The minimum atomic E-state index is 1.21. The van der Waals surface area contributed by atoms with Crippen molar-refractivity contribution in [1.29, 1.82) is 0 Å². The lowest BCUT2D eigenvalue weighted by Gasteiger charge is -2.00. The Morgan fingerprint density at radius 1 is 1.23 bits per heavy atom. The highest BCUT2D eigenvalue weighted by Crippen LogP contribution is 2.14. The minimum Gasteiger partial charge on any atom is -0.0810 e.